The molecule has 1 N–H and O–H groups in total. The van der Waals surface area contributed by atoms with Crippen molar-refractivity contribution >= 4 is 5.78 Å². The predicted molar refractivity (Wildman–Crippen MR) is 77.8 cm³/mol. The van der Waals surface area contributed by atoms with E-state index in [0.29, 0.717) is 25.3 Å². The summed E-state index contributed by atoms with van der Waals surface area (Å²) in [5.41, 5.74) is 0.556. The minimum atomic E-state index is -0.533. The van der Waals surface area contributed by atoms with Gasteiger partial charge in [0.25, 0.3) is 0 Å². The van der Waals surface area contributed by atoms with Gasteiger partial charge in [0.1, 0.15) is 5.82 Å². The van der Waals surface area contributed by atoms with Crippen LogP contribution in [0.4, 0.5) is 4.39 Å². The third-order valence-electron chi connectivity index (χ3n) is 3.83. The second kappa shape index (κ2) is 7.64. The van der Waals surface area contributed by atoms with Crippen LogP contribution in [-0.4, -0.2) is 55.2 Å². The number of halogens is 1. The van der Waals surface area contributed by atoms with Gasteiger partial charge < -0.3 is 9.84 Å². The number of carbonyl (C=O) groups is 1. The summed E-state index contributed by atoms with van der Waals surface area (Å²) in [7, 11) is 1.56. The Morgan fingerprint density at radius 2 is 2.19 bits per heavy atom. The number of hydrogen-bond donors (Lipinski definition) is 1. The largest absolute Gasteiger partial charge is 0.389 e. The molecule has 1 aromatic rings. The van der Waals surface area contributed by atoms with Crippen molar-refractivity contribution in [1.29, 1.82) is 0 Å². The minimum Gasteiger partial charge on any atom is -0.389 e. The van der Waals surface area contributed by atoms with Crippen LogP contribution in [0.15, 0.2) is 24.3 Å². The fourth-order valence-corrected chi connectivity index (χ4v) is 2.83. The van der Waals surface area contributed by atoms with Crippen LogP contribution in [0.5, 0.6) is 0 Å². The van der Waals surface area contributed by atoms with Crippen LogP contribution in [0.3, 0.4) is 0 Å². The van der Waals surface area contributed by atoms with E-state index in [1.165, 1.54) is 24.3 Å². The van der Waals surface area contributed by atoms with Gasteiger partial charge in [-0.3, -0.25) is 9.69 Å². The van der Waals surface area contributed by atoms with Crippen LogP contribution in [0, 0.1) is 11.7 Å². The Balaban J connectivity index is 1.94. The molecule has 1 aromatic carbocycles. The van der Waals surface area contributed by atoms with Crippen molar-refractivity contribution < 1.29 is 19.0 Å². The first-order chi connectivity index (χ1) is 10.1. The normalized spacial score (nSPS) is 21.2. The van der Waals surface area contributed by atoms with E-state index in [1.807, 2.05) is 0 Å². The van der Waals surface area contributed by atoms with Gasteiger partial charge in [-0.15, -0.1) is 0 Å². The molecule has 0 aromatic heterocycles. The van der Waals surface area contributed by atoms with Crippen molar-refractivity contribution in [3.8, 4) is 0 Å². The summed E-state index contributed by atoms with van der Waals surface area (Å²) < 4.78 is 17.8. The van der Waals surface area contributed by atoms with Crippen molar-refractivity contribution in [3.63, 3.8) is 0 Å². The van der Waals surface area contributed by atoms with Gasteiger partial charge in [0.2, 0.25) is 0 Å². The van der Waals surface area contributed by atoms with Crippen LogP contribution in [-0.2, 0) is 4.74 Å². The number of carbonyl (C=O) groups excluding carboxylic acids is 1. The lowest BCUT2D eigenvalue weighted by Gasteiger charge is -2.33. The van der Waals surface area contributed by atoms with E-state index in [4.69, 9.17) is 4.74 Å². The zero-order valence-corrected chi connectivity index (χ0v) is 12.3. The fourth-order valence-electron chi connectivity index (χ4n) is 2.83. The van der Waals surface area contributed by atoms with Crippen LogP contribution in [0.25, 0.3) is 0 Å². The molecule has 116 valence electrons. The van der Waals surface area contributed by atoms with E-state index in [1.54, 1.807) is 7.11 Å². The number of nitrogens with zero attached hydrogens (tertiary/aromatic N) is 1. The molecule has 0 amide bonds. The highest BCUT2D eigenvalue weighted by atomic mass is 19.1. The number of piperidine rings is 1. The molecule has 5 heteroatoms. The topological polar surface area (TPSA) is 49.8 Å². The standard InChI is InChI=1S/C16H22FNO3/c1-21-11-15(19)10-18-8-2-3-13(9-18)16(20)12-4-6-14(17)7-5-12/h4-7,13,15,19H,2-3,8-11H2,1H3/t13-,15-/m0/s1. The second-order valence-electron chi connectivity index (χ2n) is 5.58. The molecular weight excluding hydrogens is 273 g/mol. The molecule has 0 unspecified atom stereocenters. The predicted octanol–water partition coefficient (Wildman–Crippen LogP) is 1.73. The first-order valence-corrected chi connectivity index (χ1v) is 7.29. The maximum atomic E-state index is 12.9. The van der Waals surface area contributed by atoms with Gasteiger partial charge >= 0.3 is 0 Å². The Labute approximate surface area is 124 Å². The van der Waals surface area contributed by atoms with Gasteiger partial charge in [0.15, 0.2) is 5.78 Å². The summed E-state index contributed by atoms with van der Waals surface area (Å²) in [4.78, 5) is 14.5. The van der Waals surface area contributed by atoms with Crippen molar-refractivity contribution in [2.45, 2.75) is 18.9 Å². The molecule has 2 atom stereocenters. The molecule has 1 aliphatic rings. The van der Waals surface area contributed by atoms with E-state index in [9.17, 15) is 14.3 Å². The van der Waals surface area contributed by atoms with Crippen LogP contribution in [0.1, 0.15) is 23.2 Å². The molecule has 0 spiro atoms. The minimum absolute atomic E-state index is 0.0564. The molecule has 0 saturated carbocycles. The lowest BCUT2D eigenvalue weighted by Crippen LogP contribution is -2.43. The Morgan fingerprint density at radius 3 is 2.86 bits per heavy atom. The summed E-state index contributed by atoms with van der Waals surface area (Å²) in [6.45, 7) is 2.33. The zero-order valence-electron chi connectivity index (χ0n) is 12.3. The van der Waals surface area contributed by atoms with E-state index in [2.05, 4.69) is 4.90 Å². The van der Waals surface area contributed by atoms with Crippen molar-refractivity contribution in [3.05, 3.63) is 35.6 Å². The highest BCUT2D eigenvalue weighted by molar-refractivity contribution is 5.98. The number of methoxy groups -OCH3 is 1. The molecule has 1 aliphatic heterocycles. The summed E-state index contributed by atoms with van der Waals surface area (Å²) >= 11 is 0. The van der Waals surface area contributed by atoms with Crippen molar-refractivity contribution in [1.82, 2.24) is 4.90 Å². The number of aliphatic hydroxyl groups excluding tert-OH is 1. The van der Waals surface area contributed by atoms with Gasteiger partial charge in [0, 0.05) is 31.7 Å². The van der Waals surface area contributed by atoms with Gasteiger partial charge in [-0.25, -0.2) is 4.39 Å². The Morgan fingerprint density at radius 1 is 1.48 bits per heavy atom. The summed E-state index contributed by atoms with van der Waals surface area (Å²) in [6, 6.07) is 5.71. The van der Waals surface area contributed by atoms with Crippen molar-refractivity contribution in [2.24, 2.45) is 5.92 Å². The summed E-state index contributed by atoms with van der Waals surface area (Å²) in [5, 5.41) is 9.78. The van der Waals surface area contributed by atoms with E-state index in [0.717, 1.165) is 19.4 Å². The number of benzene rings is 1. The summed E-state index contributed by atoms with van der Waals surface area (Å²) in [5.74, 6) is -0.362. The average molecular weight is 295 g/mol. The third kappa shape index (κ3) is 4.59. The van der Waals surface area contributed by atoms with Crippen molar-refractivity contribution in [2.75, 3.05) is 33.4 Å². The molecule has 0 aliphatic carbocycles. The molecule has 1 heterocycles. The lowest BCUT2D eigenvalue weighted by atomic mass is 9.90. The van der Waals surface area contributed by atoms with E-state index < -0.39 is 6.10 Å². The Kier molecular flexibility index (Phi) is 5.85. The molecule has 2 rings (SSSR count). The average Bonchev–Trinajstić information content (AvgIpc) is 2.48. The summed E-state index contributed by atoms with van der Waals surface area (Å²) in [6.07, 6.45) is 1.24. The molecule has 1 fully saturated rings. The number of hydrogen-bond acceptors (Lipinski definition) is 4. The third-order valence-corrected chi connectivity index (χ3v) is 3.83. The number of likely N-dealkylation sites (tertiary alicyclic amines) is 1. The van der Waals surface area contributed by atoms with Crippen LogP contribution >= 0.6 is 0 Å². The van der Waals surface area contributed by atoms with E-state index in [-0.39, 0.29) is 17.5 Å². The van der Waals surface area contributed by atoms with Gasteiger partial charge in [-0.1, -0.05) is 0 Å². The fraction of sp³-hybridized carbons (Fsp3) is 0.562. The lowest BCUT2D eigenvalue weighted by molar-refractivity contribution is 0.0268. The number of aliphatic hydroxyl groups is 1. The number of ether oxygens (including phenoxy) is 1. The molecule has 0 radical (unpaired) electrons. The van der Waals surface area contributed by atoms with Gasteiger partial charge in [-0.2, -0.15) is 0 Å². The number of Topliss-reactive ketones (excluding diaryl/α,β-unsaturated/α-hetero) is 1. The monoisotopic (exact) mass is 295 g/mol. The smallest absolute Gasteiger partial charge is 0.167 e. The van der Waals surface area contributed by atoms with Crippen LogP contribution in [0.2, 0.25) is 0 Å². The molecule has 4 nitrogen and oxygen atoms in total. The SMILES string of the molecule is COC[C@@H](O)CN1CCC[C@H](C(=O)c2ccc(F)cc2)C1. The Hall–Kier alpha value is -1.30. The van der Waals surface area contributed by atoms with E-state index >= 15 is 0 Å². The van der Waals surface area contributed by atoms with Gasteiger partial charge in [-0.05, 0) is 43.7 Å². The first-order valence-electron chi connectivity index (χ1n) is 7.29. The number of ketones is 1. The second-order valence-corrected chi connectivity index (χ2v) is 5.58. The number of β-amino-alcohol motifs (C(OH)–C–C–N with tert-alkyl or cyclic N) is 1. The molecule has 1 saturated heterocycles. The first kappa shape index (κ1) is 16.1. The highest BCUT2D eigenvalue weighted by Crippen LogP contribution is 2.21. The molecule has 21 heavy (non-hydrogen) atoms. The molecular formula is C16H22FNO3. The van der Waals surface area contributed by atoms with Gasteiger partial charge in [0.05, 0.1) is 12.7 Å². The highest BCUT2D eigenvalue weighted by Gasteiger charge is 2.27. The maximum Gasteiger partial charge on any atom is 0.167 e. The zero-order chi connectivity index (χ0) is 15.2. The van der Waals surface area contributed by atoms with Crippen LogP contribution < -0.4 is 0 Å². The quantitative estimate of drug-likeness (QED) is 0.812. The molecule has 0 bridgehead atoms. The maximum absolute atomic E-state index is 12.9. The number of rotatable bonds is 6. The Bertz CT molecular complexity index is 463.